The monoisotopic (exact) mass is 366 g/mol. The third kappa shape index (κ3) is 5.33. The number of hydrogen-bond acceptors (Lipinski definition) is 3. The molecule has 0 radical (unpaired) electrons. The van der Waals surface area contributed by atoms with E-state index in [1.807, 2.05) is 30.0 Å². The lowest BCUT2D eigenvalue weighted by atomic mass is 10.1. The summed E-state index contributed by atoms with van der Waals surface area (Å²) in [5, 5.41) is 0. The highest BCUT2D eigenvalue weighted by Gasteiger charge is 2.22. The summed E-state index contributed by atoms with van der Waals surface area (Å²) in [5.74, 6) is 0.747. The van der Waals surface area contributed by atoms with Crippen molar-refractivity contribution in [1.82, 2.24) is 9.80 Å². The zero-order valence-electron chi connectivity index (χ0n) is 16.5. The van der Waals surface area contributed by atoms with E-state index in [0.717, 1.165) is 57.5 Å². The van der Waals surface area contributed by atoms with E-state index in [2.05, 4.69) is 35.2 Å². The molecule has 2 aromatic carbocycles. The number of ether oxygens (including phenoxy) is 1. The molecule has 0 aliphatic carbocycles. The van der Waals surface area contributed by atoms with Gasteiger partial charge in [-0.15, -0.1) is 0 Å². The van der Waals surface area contributed by atoms with Crippen molar-refractivity contribution in [2.75, 3.05) is 39.8 Å². The van der Waals surface area contributed by atoms with Gasteiger partial charge in [-0.25, -0.2) is 0 Å². The fraction of sp³-hybridized carbons (Fsp3) is 0.435. The molecule has 0 unspecified atom stereocenters. The summed E-state index contributed by atoms with van der Waals surface area (Å²) < 4.78 is 5.40. The summed E-state index contributed by atoms with van der Waals surface area (Å²) >= 11 is 0. The number of methoxy groups -OCH3 is 1. The lowest BCUT2D eigenvalue weighted by molar-refractivity contribution is 0.0758. The van der Waals surface area contributed by atoms with Crippen LogP contribution in [0, 0.1) is 6.92 Å². The van der Waals surface area contributed by atoms with E-state index in [9.17, 15) is 4.79 Å². The highest BCUT2D eigenvalue weighted by atomic mass is 16.5. The standard InChI is InChI=1S/C23H30N2O2/c1-19-11-12-22(27-2)21(18-19)23(26)25-15-7-14-24(16-17-25)13-6-10-20-8-4-3-5-9-20/h3-5,8-9,11-12,18H,6-7,10,13-17H2,1-2H3. The minimum absolute atomic E-state index is 0.0849. The van der Waals surface area contributed by atoms with Crippen LogP contribution in [0.2, 0.25) is 0 Å². The molecule has 0 saturated carbocycles. The summed E-state index contributed by atoms with van der Waals surface area (Å²) in [6, 6.07) is 16.4. The van der Waals surface area contributed by atoms with Crippen LogP contribution in [0.15, 0.2) is 48.5 Å². The molecule has 1 aliphatic rings. The van der Waals surface area contributed by atoms with Crippen molar-refractivity contribution in [2.24, 2.45) is 0 Å². The molecule has 0 aromatic heterocycles. The number of hydrogen-bond donors (Lipinski definition) is 0. The lowest BCUT2D eigenvalue weighted by Gasteiger charge is -2.23. The molecule has 27 heavy (non-hydrogen) atoms. The van der Waals surface area contributed by atoms with Gasteiger partial charge < -0.3 is 14.5 Å². The second-order valence-electron chi connectivity index (χ2n) is 7.28. The van der Waals surface area contributed by atoms with Gasteiger partial charge >= 0.3 is 0 Å². The Bertz CT molecular complexity index is 745. The normalized spacial score (nSPS) is 15.4. The first-order valence-electron chi connectivity index (χ1n) is 9.87. The summed E-state index contributed by atoms with van der Waals surface area (Å²) in [6.45, 7) is 6.68. The second kappa shape index (κ2) is 9.56. The van der Waals surface area contributed by atoms with Gasteiger partial charge in [0.05, 0.1) is 12.7 Å². The molecule has 2 aromatic rings. The molecule has 0 spiro atoms. The Kier molecular flexibility index (Phi) is 6.88. The average molecular weight is 367 g/mol. The van der Waals surface area contributed by atoms with Gasteiger partial charge in [-0.1, -0.05) is 42.0 Å². The predicted octanol–water partition coefficient (Wildman–Crippen LogP) is 3.78. The maximum atomic E-state index is 13.0. The van der Waals surface area contributed by atoms with Crippen molar-refractivity contribution in [3.8, 4) is 5.75 Å². The van der Waals surface area contributed by atoms with Gasteiger partial charge in [0.1, 0.15) is 5.75 Å². The van der Waals surface area contributed by atoms with Crippen molar-refractivity contribution >= 4 is 5.91 Å². The van der Waals surface area contributed by atoms with Crippen LogP contribution in [-0.2, 0) is 6.42 Å². The quantitative estimate of drug-likeness (QED) is 0.780. The van der Waals surface area contributed by atoms with Crippen molar-refractivity contribution < 1.29 is 9.53 Å². The second-order valence-corrected chi connectivity index (χ2v) is 7.28. The van der Waals surface area contributed by atoms with Crippen molar-refractivity contribution in [3.05, 3.63) is 65.2 Å². The average Bonchev–Trinajstić information content (AvgIpc) is 2.94. The Morgan fingerprint density at radius 2 is 1.85 bits per heavy atom. The number of carbonyl (C=O) groups is 1. The van der Waals surface area contributed by atoms with Crippen molar-refractivity contribution in [3.63, 3.8) is 0 Å². The van der Waals surface area contributed by atoms with Crippen LogP contribution >= 0.6 is 0 Å². The van der Waals surface area contributed by atoms with E-state index >= 15 is 0 Å². The lowest BCUT2D eigenvalue weighted by Crippen LogP contribution is -2.35. The predicted molar refractivity (Wildman–Crippen MR) is 109 cm³/mol. The number of carbonyl (C=O) groups excluding carboxylic acids is 1. The maximum absolute atomic E-state index is 13.0. The fourth-order valence-electron chi connectivity index (χ4n) is 3.71. The zero-order chi connectivity index (χ0) is 19.1. The Morgan fingerprint density at radius 1 is 1.04 bits per heavy atom. The first-order chi connectivity index (χ1) is 13.2. The molecule has 4 nitrogen and oxygen atoms in total. The third-order valence-corrected chi connectivity index (χ3v) is 5.24. The number of benzene rings is 2. The zero-order valence-corrected chi connectivity index (χ0v) is 16.5. The minimum atomic E-state index is 0.0849. The molecule has 0 atom stereocenters. The Balaban J connectivity index is 1.53. The number of nitrogens with zero attached hydrogens (tertiary/aromatic N) is 2. The SMILES string of the molecule is COc1ccc(C)cc1C(=O)N1CCCN(CCCc2ccccc2)CC1. The molecule has 1 fully saturated rings. The van der Waals surface area contributed by atoms with Crippen molar-refractivity contribution in [1.29, 1.82) is 0 Å². The van der Waals surface area contributed by atoms with Crippen LogP contribution in [0.25, 0.3) is 0 Å². The van der Waals surface area contributed by atoms with Crippen LogP contribution < -0.4 is 4.74 Å². The van der Waals surface area contributed by atoms with E-state index in [4.69, 9.17) is 4.74 Å². The Labute approximate surface area is 162 Å². The topological polar surface area (TPSA) is 32.8 Å². The summed E-state index contributed by atoms with van der Waals surface area (Å²) in [7, 11) is 1.62. The van der Waals surface area contributed by atoms with Gasteiger partial charge in [0.25, 0.3) is 5.91 Å². The smallest absolute Gasteiger partial charge is 0.257 e. The molecule has 144 valence electrons. The molecule has 1 aliphatic heterocycles. The van der Waals surface area contributed by atoms with Crippen molar-refractivity contribution in [2.45, 2.75) is 26.2 Å². The summed E-state index contributed by atoms with van der Waals surface area (Å²) in [6.07, 6.45) is 3.29. The molecule has 1 amide bonds. The molecule has 1 saturated heterocycles. The molecule has 0 bridgehead atoms. The van der Waals surface area contributed by atoms with Gasteiger partial charge in [-0.2, -0.15) is 0 Å². The van der Waals surface area contributed by atoms with E-state index < -0.39 is 0 Å². The number of amides is 1. The fourth-order valence-corrected chi connectivity index (χ4v) is 3.71. The largest absolute Gasteiger partial charge is 0.496 e. The number of rotatable bonds is 6. The molecule has 3 rings (SSSR count). The highest BCUT2D eigenvalue weighted by molar-refractivity contribution is 5.97. The molecule has 0 N–H and O–H groups in total. The van der Waals surface area contributed by atoms with Crippen LogP contribution in [-0.4, -0.2) is 55.5 Å². The first kappa shape index (κ1) is 19.4. The molecular weight excluding hydrogens is 336 g/mol. The van der Waals surface area contributed by atoms with Gasteiger partial charge in [0.15, 0.2) is 0 Å². The van der Waals surface area contributed by atoms with Gasteiger partial charge in [-0.3, -0.25) is 4.79 Å². The minimum Gasteiger partial charge on any atom is -0.496 e. The number of aryl methyl sites for hydroxylation is 2. The van der Waals surface area contributed by atoms with Gasteiger partial charge in [0.2, 0.25) is 0 Å². The van der Waals surface area contributed by atoms with Gasteiger partial charge in [-0.05, 0) is 57.0 Å². The Hall–Kier alpha value is -2.33. The van der Waals surface area contributed by atoms with E-state index in [-0.39, 0.29) is 5.91 Å². The van der Waals surface area contributed by atoms with Crippen LogP contribution in [0.1, 0.15) is 34.3 Å². The summed E-state index contributed by atoms with van der Waals surface area (Å²) in [5.41, 5.74) is 3.15. The Morgan fingerprint density at radius 3 is 2.63 bits per heavy atom. The highest BCUT2D eigenvalue weighted by Crippen LogP contribution is 2.22. The molecular formula is C23H30N2O2. The summed E-state index contributed by atoms with van der Waals surface area (Å²) in [4.78, 5) is 17.5. The maximum Gasteiger partial charge on any atom is 0.257 e. The van der Waals surface area contributed by atoms with Crippen LogP contribution in [0.3, 0.4) is 0 Å². The van der Waals surface area contributed by atoms with E-state index in [0.29, 0.717) is 11.3 Å². The van der Waals surface area contributed by atoms with Crippen LogP contribution in [0.4, 0.5) is 0 Å². The van der Waals surface area contributed by atoms with E-state index in [1.165, 1.54) is 5.56 Å². The first-order valence-corrected chi connectivity index (χ1v) is 9.87. The third-order valence-electron chi connectivity index (χ3n) is 5.24. The van der Waals surface area contributed by atoms with Crippen LogP contribution in [0.5, 0.6) is 5.75 Å². The molecule has 1 heterocycles. The van der Waals surface area contributed by atoms with E-state index in [1.54, 1.807) is 7.11 Å². The van der Waals surface area contributed by atoms with Gasteiger partial charge in [0, 0.05) is 19.6 Å². The molecule has 4 heteroatoms.